The summed E-state index contributed by atoms with van der Waals surface area (Å²) in [7, 11) is 2.17. The Morgan fingerprint density at radius 3 is 2.18 bits per heavy atom. The average Bonchev–Trinajstić information content (AvgIpc) is 2.82. The molecule has 0 N–H and O–H groups in total. The van der Waals surface area contributed by atoms with Gasteiger partial charge < -0.3 is 9.80 Å². The SMILES string of the molecule is CCCc1cc[n+](-c2cc(-c3cnc(N4CCN(C)CC4)nc3)c(C)c(C)c2C)c(C)c1C. The Labute approximate surface area is 199 Å². The number of pyridine rings is 1. The van der Waals surface area contributed by atoms with Crippen molar-refractivity contribution in [3.63, 3.8) is 0 Å². The number of aryl methyl sites for hydroxylation is 1. The summed E-state index contributed by atoms with van der Waals surface area (Å²) in [5.41, 5.74) is 11.6. The Hall–Kier alpha value is -2.79. The summed E-state index contributed by atoms with van der Waals surface area (Å²) in [4.78, 5) is 14.1. The van der Waals surface area contributed by atoms with E-state index in [9.17, 15) is 0 Å². The van der Waals surface area contributed by atoms with E-state index in [-0.39, 0.29) is 0 Å². The van der Waals surface area contributed by atoms with E-state index in [1.807, 2.05) is 12.4 Å². The highest BCUT2D eigenvalue weighted by atomic mass is 15.3. The summed E-state index contributed by atoms with van der Waals surface area (Å²) in [5.74, 6) is 0.834. The number of benzene rings is 1. The van der Waals surface area contributed by atoms with Crippen LogP contribution in [0, 0.1) is 34.6 Å². The van der Waals surface area contributed by atoms with Crippen LogP contribution in [-0.2, 0) is 6.42 Å². The molecular weight excluding hydrogens is 406 g/mol. The number of piperazine rings is 1. The Kier molecular flexibility index (Phi) is 6.80. The van der Waals surface area contributed by atoms with E-state index in [1.165, 1.54) is 51.2 Å². The highest BCUT2D eigenvalue weighted by Crippen LogP contribution is 2.30. The van der Waals surface area contributed by atoms with Crippen LogP contribution in [0.3, 0.4) is 0 Å². The van der Waals surface area contributed by atoms with Crippen LogP contribution >= 0.6 is 0 Å². The molecule has 0 unspecified atom stereocenters. The van der Waals surface area contributed by atoms with E-state index in [0.717, 1.165) is 44.1 Å². The van der Waals surface area contributed by atoms with Crippen molar-refractivity contribution in [1.29, 1.82) is 0 Å². The molecule has 1 fully saturated rings. The minimum atomic E-state index is 0.834. The summed E-state index contributed by atoms with van der Waals surface area (Å²) in [6, 6.07) is 4.60. The fraction of sp³-hybridized carbons (Fsp3) is 0.464. The largest absolute Gasteiger partial charge is 0.338 e. The van der Waals surface area contributed by atoms with Gasteiger partial charge in [0.15, 0.2) is 11.9 Å². The third kappa shape index (κ3) is 4.51. The summed E-state index contributed by atoms with van der Waals surface area (Å²) >= 11 is 0. The molecule has 1 aromatic carbocycles. The van der Waals surface area contributed by atoms with Crippen molar-refractivity contribution in [3.05, 3.63) is 64.2 Å². The zero-order valence-electron chi connectivity index (χ0n) is 21.4. The molecule has 33 heavy (non-hydrogen) atoms. The van der Waals surface area contributed by atoms with Crippen LogP contribution in [0.15, 0.2) is 30.7 Å². The number of hydrogen-bond donors (Lipinski definition) is 0. The topological polar surface area (TPSA) is 36.1 Å². The Morgan fingerprint density at radius 2 is 1.55 bits per heavy atom. The summed E-state index contributed by atoms with van der Waals surface area (Å²) in [6.45, 7) is 17.5. The van der Waals surface area contributed by atoms with Crippen molar-refractivity contribution in [1.82, 2.24) is 14.9 Å². The molecule has 5 heteroatoms. The van der Waals surface area contributed by atoms with Gasteiger partial charge in [0, 0.05) is 74.3 Å². The second-order valence-corrected chi connectivity index (χ2v) is 9.55. The molecule has 3 heterocycles. The van der Waals surface area contributed by atoms with Crippen LogP contribution in [-0.4, -0.2) is 48.1 Å². The fourth-order valence-electron chi connectivity index (χ4n) is 4.82. The van der Waals surface area contributed by atoms with Crippen molar-refractivity contribution >= 4 is 5.95 Å². The van der Waals surface area contributed by atoms with Crippen LogP contribution < -0.4 is 9.47 Å². The predicted octanol–water partition coefficient (Wildman–Crippen LogP) is 4.67. The molecule has 0 bridgehead atoms. The number of aromatic nitrogens is 3. The second-order valence-electron chi connectivity index (χ2n) is 9.55. The lowest BCUT2D eigenvalue weighted by atomic mass is 9.93. The van der Waals surface area contributed by atoms with E-state index in [0.29, 0.717) is 0 Å². The molecule has 1 aliphatic rings. The molecular formula is C28H38N5+. The van der Waals surface area contributed by atoms with Gasteiger partial charge in [-0.25, -0.2) is 9.97 Å². The minimum Gasteiger partial charge on any atom is -0.338 e. The van der Waals surface area contributed by atoms with Gasteiger partial charge in [0.05, 0.1) is 0 Å². The quantitative estimate of drug-likeness (QED) is 0.536. The molecule has 4 rings (SSSR count). The van der Waals surface area contributed by atoms with Gasteiger partial charge in [0.2, 0.25) is 11.6 Å². The standard InChI is InChI=1S/C28H38N5/c1-8-9-24-10-11-33(23(6)22(24)5)27-16-26(20(3)19(2)21(27)4)25-17-29-28(30-18-25)32-14-12-31(7)13-15-32/h10-11,16-18H,8-9,12-15H2,1-7H3/q+1. The Balaban J connectivity index is 1.73. The van der Waals surface area contributed by atoms with Gasteiger partial charge in [-0.2, -0.15) is 4.57 Å². The zero-order valence-corrected chi connectivity index (χ0v) is 21.4. The lowest BCUT2D eigenvalue weighted by molar-refractivity contribution is -0.603. The first kappa shape index (κ1) is 23.4. The average molecular weight is 445 g/mol. The maximum absolute atomic E-state index is 4.75. The van der Waals surface area contributed by atoms with Gasteiger partial charge in [0.25, 0.3) is 0 Å². The van der Waals surface area contributed by atoms with E-state index in [2.05, 4.69) is 81.3 Å². The van der Waals surface area contributed by atoms with Crippen LogP contribution in [0.4, 0.5) is 5.95 Å². The van der Waals surface area contributed by atoms with E-state index in [1.54, 1.807) is 0 Å². The molecule has 0 saturated carbocycles. The van der Waals surface area contributed by atoms with Crippen molar-refractivity contribution in [2.24, 2.45) is 0 Å². The van der Waals surface area contributed by atoms with Gasteiger partial charge in [-0.05, 0) is 63.4 Å². The third-order valence-electron chi connectivity index (χ3n) is 7.52. The van der Waals surface area contributed by atoms with Crippen molar-refractivity contribution in [2.45, 2.75) is 54.4 Å². The molecule has 0 spiro atoms. The molecule has 1 aliphatic heterocycles. The smallest absolute Gasteiger partial charge is 0.225 e. The first-order chi connectivity index (χ1) is 15.8. The van der Waals surface area contributed by atoms with Crippen molar-refractivity contribution in [3.8, 4) is 16.8 Å². The van der Waals surface area contributed by atoms with Gasteiger partial charge >= 0.3 is 0 Å². The Morgan fingerprint density at radius 1 is 0.879 bits per heavy atom. The molecule has 0 amide bonds. The second kappa shape index (κ2) is 9.60. The first-order valence-corrected chi connectivity index (χ1v) is 12.2. The van der Waals surface area contributed by atoms with Crippen LogP contribution in [0.5, 0.6) is 0 Å². The number of nitrogens with zero attached hydrogens (tertiary/aromatic N) is 5. The van der Waals surface area contributed by atoms with Gasteiger partial charge in [0.1, 0.15) is 0 Å². The molecule has 3 aromatic rings. The molecule has 174 valence electrons. The predicted molar refractivity (Wildman–Crippen MR) is 136 cm³/mol. The molecule has 0 radical (unpaired) electrons. The molecule has 1 saturated heterocycles. The van der Waals surface area contributed by atoms with E-state index >= 15 is 0 Å². The van der Waals surface area contributed by atoms with Crippen molar-refractivity contribution < 1.29 is 4.57 Å². The maximum atomic E-state index is 4.75. The summed E-state index contributed by atoms with van der Waals surface area (Å²) in [6.07, 6.45) is 8.52. The minimum absolute atomic E-state index is 0.834. The van der Waals surface area contributed by atoms with Gasteiger partial charge in [-0.1, -0.05) is 13.3 Å². The molecule has 0 atom stereocenters. The van der Waals surface area contributed by atoms with Crippen molar-refractivity contribution in [2.75, 3.05) is 38.1 Å². The zero-order chi connectivity index (χ0) is 23.7. The summed E-state index contributed by atoms with van der Waals surface area (Å²) in [5, 5.41) is 0. The molecule has 5 nitrogen and oxygen atoms in total. The maximum Gasteiger partial charge on any atom is 0.225 e. The number of anilines is 1. The highest BCUT2D eigenvalue weighted by Gasteiger charge is 2.22. The first-order valence-electron chi connectivity index (χ1n) is 12.2. The van der Waals surface area contributed by atoms with Crippen LogP contribution in [0.25, 0.3) is 16.8 Å². The fourth-order valence-corrected chi connectivity index (χ4v) is 4.82. The van der Waals surface area contributed by atoms with Gasteiger partial charge in [-0.3, -0.25) is 0 Å². The lowest BCUT2D eigenvalue weighted by Crippen LogP contribution is -2.45. The number of rotatable bonds is 5. The van der Waals surface area contributed by atoms with Gasteiger partial charge in [-0.15, -0.1) is 0 Å². The number of hydrogen-bond acceptors (Lipinski definition) is 4. The van der Waals surface area contributed by atoms with E-state index in [4.69, 9.17) is 9.97 Å². The number of likely N-dealkylation sites (N-methyl/N-ethyl adjacent to an activating group) is 1. The molecule has 2 aromatic heterocycles. The highest BCUT2D eigenvalue weighted by molar-refractivity contribution is 5.71. The normalized spacial score (nSPS) is 14.7. The lowest BCUT2D eigenvalue weighted by Gasteiger charge is -2.32. The van der Waals surface area contributed by atoms with Crippen LogP contribution in [0.1, 0.15) is 46.9 Å². The molecule has 0 aliphatic carbocycles. The van der Waals surface area contributed by atoms with Crippen LogP contribution in [0.2, 0.25) is 0 Å². The third-order valence-corrected chi connectivity index (χ3v) is 7.52. The van der Waals surface area contributed by atoms with E-state index < -0.39 is 0 Å². The monoisotopic (exact) mass is 444 g/mol. The Bertz CT molecular complexity index is 1140. The summed E-state index contributed by atoms with van der Waals surface area (Å²) < 4.78 is 2.35.